The molecule has 1 amide bonds. The molecule has 1 aliphatic rings. The number of hydrogen-bond donors (Lipinski definition) is 1. The van der Waals surface area contributed by atoms with E-state index in [4.69, 9.17) is 4.74 Å². The molecule has 2 atom stereocenters. The molecule has 1 saturated heterocycles. The largest absolute Gasteiger partial charge is 0.444 e. The second kappa shape index (κ2) is 7.42. The van der Waals surface area contributed by atoms with Gasteiger partial charge in [0.2, 0.25) is 0 Å². The summed E-state index contributed by atoms with van der Waals surface area (Å²) >= 11 is 1.66. The van der Waals surface area contributed by atoms with Crippen LogP contribution in [0.1, 0.15) is 58.0 Å². The summed E-state index contributed by atoms with van der Waals surface area (Å²) in [4.78, 5) is 18.5. The number of amides is 1. The van der Waals surface area contributed by atoms with E-state index in [1.165, 1.54) is 0 Å². The summed E-state index contributed by atoms with van der Waals surface area (Å²) in [6, 6.07) is 0.498. The van der Waals surface area contributed by atoms with Gasteiger partial charge in [0.15, 0.2) is 0 Å². The first-order valence-corrected chi connectivity index (χ1v) is 8.86. The molecular formula is C16H27N3O2S. The maximum absolute atomic E-state index is 12.3. The number of aromatic nitrogens is 1. The molecule has 2 unspecified atom stereocenters. The van der Waals surface area contributed by atoms with E-state index in [9.17, 15) is 4.79 Å². The first kappa shape index (κ1) is 17.2. The van der Waals surface area contributed by atoms with E-state index in [0.29, 0.717) is 6.54 Å². The molecule has 0 spiro atoms. The average Bonchev–Trinajstić information content (AvgIpc) is 2.84. The van der Waals surface area contributed by atoms with Crippen LogP contribution >= 0.6 is 11.3 Å². The number of nitrogens with zero attached hydrogens (tertiary/aromatic N) is 2. The molecule has 124 valence electrons. The molecule has 0 saturated carbocycles. The van der Waals surface area contributed by atoms with Crippen molar-refractivity contribution < 1.29 is 9.53 Å². The van der Waals surface area contributed by atoms with E-state index >= 15 is 0 Å². The van der Waals surface area contributed by atoms with Gasteiger partial charge in [0.25, 0.3) is 0 Å². The Morgan fingerprint density at radius 2 is 2.27 bits per heavy atom. The van der Waals surface area contributed by atoms with Gasteiger partial charge in [0.05, 0.1) is 6.04 Å². The zero-order valence-electron chi connectivity index (χ0n) is 14.0. The fourth-order valence-corrected chi connectivity index (χ4v) is 3.30. The number of likely N-dealkylation sites (tertiary alicyclic amines) is 1. The molecule has 2 rings (SSSR count). The number of nitrogens with one attached hydrogen (secondary N) is 1. The molecule has 1 aromatic heterocycles. The fourth-order valence-electron chi connectivity index (χ4n) is 2.64. The molecule has 2 heterocycles. The van der Waals surface area contributed by atoms with Gasteiger partial charge in [-0.1, -0.05) is 6.42 Å². The second-order valence-corrected chi connectivity index (χ2v) is 7.80. The van der Waals surface area contributed by atoms with Gasteiger partial charge in [-0.3, -0.25) is 0 Å². The van der Waals surface area contributed by atoms with Gasteiger partial charge in [-0.25, -0.2) is 9.78 Å². The Bertz CT molecular complexity index is 470. The Balaban J connectivity index is 1.93. The van der Waals surface area contributed by atoms with Crippen LogP contribution in [0.5, 0.6) is 0 Å². The van der Waals surface area contributed by atoms with Crippen LogP contribution < -0.4 is 5.32 Å². The highest BCUT2D eigenvalue weighted by Crippen LogP contribution is 2.20. The van der Waals surface area contributed by atoms with Crippen molar-refractivity contribution in [2.75, 3.05) is 13.1 Å². The molecule has 0 aliphatic carbocycles. The zero-order chi connectivity index (χ0) is 16.2. The summed E-state index contributed by atoms with van der Waals surface area (Å²) in [5.41, 5.74) is -0.444. The van der Waals surface area contributed by atoms with Gasteiger partial charge < -0.3 is 15.0 Å². The number of carbonyl (C=O) groups excluding carboxylic acids is 1. The molecule has 0 aromatic carbocycles. The van der Waals surface area contributed by atoms with E-state index in [-0.39, 0.29) is 18.2 Å². The number of rotatable bonds is 3. The van der Waals surface area contributed by atoms with Crippen molar-refractivity contribution in [3.8, 4) is 0 Å². The van der Waals surface area contributed by atoms with Crippen LogP contribution in [0.25, 0.3) is 0 Å². The minimum atomic E-state index is -0.444. The lowest BCUT2D eigenvalue weighted by molar-refractivity contribution is 0.0242. The summed E-state index contributed by atoms with van der Waals surface area (Å²) in [6.07, 6.45) is 4.86. The monoisotopic (exact) mass is 325 g/mol. The topological polar surface area (TPSA) is 54.5 Å². The van der Waals surface area contributed by atoms with Gasteiger partial charge in [-0.2, -0.15) is 0 Å². The Kier molecular flexibility index (Phi) is 5.81. The molecule has 0 bridgehead atoms. The van der Waals surface area contributed by atoms with Crippen molar-refractivity contribution in [2.24, 2.45) is 0 Å². The van der Waals surface area contributed by atoms with Crippen LogP contribution in [0.4, 0.5) is 4.79 Å². The summed E-state index contributed by atoms with van der Waals surface area (Å²) in [5.74, 6) is 0. The third kappa shape index (κ3) is 5.25. The predicted molar refractivity (Wildman–Crippen MR) is 89.1 cm³/mol. The first-order valence-electron chi connectivity index (χ1n) is 7.98. The van der Waals surface area contributed by atoms with Crippen molar-refractivity contribution in [1.29, 1.82) is 0 Å². The van der Waals surface area contributed by atoms with Gasteiger partial charge in [-0.05, 0) is 40.5 Å². The van der Waals surface area contributed by atoms with E-state index in [0.717, 1.165) is 30.8 Å². The SMILES string of the molecule is CC(NC1CCCCN(C(=O)OC(C)(C)C)C1)c1nccs1. The van der Waals surface area contributed by atoms with Crippen molar-refractivity contribution in [1.82, 2.24) is 15.2 Å². The number of hydrogen-bond acceptors (Lipinski definition) is 5. The molecular weight excluding hydrogens is 298 g/mol. The standard InChI is InChI=1S/C16H27N3O2S/c1-12(14-17-8-10-22-14)18-13-7-5-6-9-19(11-13)15(20)21-16(2,3)4/h8,10,12-13,18H,5-7,9,11H2,1-4H3. The van der Waals surface area contributed by atoms with Gasteiger partial charge in [0.1, 0.15) is 10.6 Å². The predicted octanol–water partition coefficient (Wildman–Crippen LogP) is 3.58. The van der Waals surface area contributed by atoms with Crippen molar-refractivity contribution in [3.63, 3.8) is 0 Å². The smallest absolute Gasteiger partial charge is 0.410 e. The Morgan fingerprint density at radius 3 is 2.91 bits per heavy atom. The van der Waals surface area contributed by atoms with Crippen molar-refractivity contribution in [3.05, 3.63) is 16.6 Å². The van der Waals surface area contributed by atoms with E-state index in [1.807, 2.05) is 37.2 Å². The lowest BCUT2D eigenvalue weighted by atomic mass is 10.1. The third-order valence-corrected chi connectivity index (χ3v) is 4.59. The van der Waals surface area contributed by atoms with Crippen LogP contribution in [0.15, 0.2) is 11.6 Å². The lowest BCUT2D eigenvalue weighted by Crippen LogP contribution is -2.45. The molecule has 1 fully saturated rings. The normalized spacial score (nSPS) is 21.3. The summed E-state index contributed by atoms with van der Waals surface area (Å²) in [5, 5.41) is 6.69. The van der Waals surface area contributed by atoms with Crippen LogP contribution in [0.3, 0.4) is 0 Å². The quantitative estimate of drug-likeness (QED) is 0.923. The van der Waals surface area contributed by atoms with Crippen molar-refractivity contribution >= 4 is 17.4 Å². The number of carbonyl (C=O) groups is 1. The highest BCUT2D eigenvalue weighted by atomic mass is 32.1. The highest BCUT2D eigenvalue weighted by Gasteiger charge is 2.27. The molecule has 1 aromatic rings. The summed E-state index contributed by atoms with van der Waals surface area (Å²) in [6.45, 7) is 9.32. The van der Waals surface area contributed by atoms with Crippen LogP contribution in [0.2, 0.25) is 0 Å². The first-order chi connectivity index (χ1) is 10.3. The van der Waals surface area contributed by atoms with Gasteiger partial charge in [-0.15, -0.1) is 11.3 Å². The third-order valence-electron chi connectivity index (χ3n) is 3.63. The number of ether oxygens (including phenoxy) is 1. The Hall–Kier alpha value is -1.14. The lowest BCUT2D eigenvalue weighted by Gasteiger charge is -2.29. The molecule has 1 N–H and O–H groups in total. The van der Waals surface area contributed by atoms with E-state index in [2.05, 4.69) is 17.2 Å². The summed E-state index contributed by atoms with van der Waals surface area (Å²) in [7, 11) is 0. The molecule has 0 radical (unpaired) electrons. The van der Waals surface area contributed by atoms with E-state index in [1.54, 1.807) is 11.3 Å². The van der Waals surface area contributed by atoms with Gasteiger partial charge >= 0.3 is 6.09 Å². The van der Waals surface area contributed by atoms with Gasteiger partial charge in [0, 0.05) is 30.7 Å². The maximum atomic E-state index is 12.3. The van der Waals surface area contributed by atoms with Crippen LogP contribution in [0, 0.1) is 0 Å². The fraction of sp³-hybridized carbons (Fsp3) is 0.750. The Morgan fingerprint density at radius 1 is 1.50 bits per heavy atom. The molecule has 22 heavy (non-hydrogen) atoms. The van der Waals surface area contributed by atoms with Crippen LogP contribution in [-0.2, 0) is 4.74 Å². The second-order valence-electron chi connectivity index (χ2n) is 6.88. The minimum absolute atomic E-state index is 0.205. The number of thiazole rings is 1. The molecule has 6 heteroatoms. The van der Waals surface area contributed by atoms with E-state index < -0.39 is 5.60 Å². The minimum Gasteiger partial charge on any atom is -0.444 e. The van der Waals surface area contributed by atoms with Crippen LogP contribution in [-0.4, -0.2) is 40.7 Å². The molecule has 5 nitrogen and oxygen atoms in total. The molecule has 1 aliphatic heterocycles. The summed E-state index contributed by atoms with van der Waals surface area (Å²) < 4.78 is 5.51. The Labute approximate surface area is 137 Å². The maximum Gasteiger partial charge on any atom is 0.410 e. The highest BCUT2D eigenvalue weighted by molar-refractivity contribution is 7.09. The average molecular weight is 325 g/mol. The van der Waals surface area contributed by atoms with Crippen molar-refractivity contribution in [2.45, 2.75) is 64.6 Å². The zero-order valence-corrected chi connectivity index (χ0v) is 14.8.